The van der Waals surface area contributed by atoms with Crippen LogP contribution < -0.4 is 0 Å². The Bertz CT molecular complexity index is 1230. The lowest BCUT2D eigenvalue weighted by Crippen LogP contribution is -2.10. The van der Waals surface area contributed by atoms with Crippen molar-refractivity contribution >= 4 is 40.7 Å². The molecule has 4 aromatic rings. The molecule has 1 aromatic heterocycles. The molecule has 4 heteroatoms. The highest BCUT2D eigenvalue weighted by molar-refractivity contribution is 6.32. The molecule has 0 unspecified atom stereocenters. The van der Waals surface area contributed by atoms with Crippen LogP contribution in [-0.2, 0) is 5.41 Å². The number of aliphatic imine (C=N–C) groups is 1. The van der Waals surface area contributed by atoms with Crippen molar-refractivity contribution in [3.8, 4) is 11.5 Å². The molecule has 1 heterocycles. The quantitative estimate of drug-likeness (QED) is 0.319. The highest BCUT2D eigenvalue weighted by Gasteiger charge is 2.14. The molecule has 0 aliphatic heterocycles. The Kier molecular flexibility index (Phi) is 5.56. The summed E-state index contributed by atoms with van der Waals surface area (Å²) in [6, 6.07) is 21.8. The number of oxazole rings is 1. The minimum absolute atomic E-state index is 0.118. The molecule has 0 spiro atoms. The van der Waals surface area contributed by atoms with Gasteiger partial charge in [0.25, 0.3) is 0 Å². The van der Waals surface area contributed by atoms with Crippen LogP contribution in [0.4, 0.5) is 5.69 Å². The van der Waals surface area contributed by atoms with Gasteiger partial charge in [-0.05, 0) is 59.0 Å². The summed E-state index contributed by atoms with van der Waals surface area (Å²) in [5, 5.41) is 0.717. The van der Waals surface area contributed by atoms with E-state index in [0.29, 0.717) is 10.9 Å². The van der Waals surface area contributed by atoms with Gasteiger partial charge < -0.3 is 4.42 Å². The van der Waals surface area contributed by atoms with Crippen molar-refractivity contribution in [3.05, 3.63) is 89.0 Å². The summed E-state index contributed by atoms with van der Waals surface area (Å²) < 4.78 is 5.94. The van der Waals surface area contributed by atoms with Crippen molar-refractivity contribution in [1.29, 1.82) is 0 Å². The van der Waals surface area contributed by atoms with Crippen LogP contribution in [0.2, 0.25) is 5.02 Å². The Morgan fingerprint density at radius 2 is 1.73 bits per heavy atom. The van der Waals surface area contributed by atoms with Gasteiger partial charge >= 0.3 is 0 Å². The van der Waals surface area contributed by atoms with Crippen LogP contribution in [0.5, 0.6) is 0 Å². The molecule has 0 atom stereocenters. The van der Waals surface area contributed by atoms with Gasteiger partial charge in [0.05, 0.1) is 5.69 Å². The summed E-state index contributed by atoms with van der Waals surface area (Å²) in [7, 11) is 0. The van der Waals surface area contributed by atoms with Crippen LogP contribution in [0.25, 0.3) is 28.6 Å². The molecule has 0 amide bonds. The van der Waals surface area contributed by atoms with Crippen molar-refractivity contribution in [2.45, 2.75) is 26.2 Å². The van der Waals surface area contributed by atoms with E-state index in [1.165, 1.54) is 5.56 Å². The summed E-state index contributed by atoms with van der Waals surface area (Å²) in [6.45, 7) is 6.60. The van der Waals surface area contributed by atoms with E-state index >= 15 is 0 Å². The molecule has 0 aliphatic rings. The van der Waals surface area contributed by atoms with E-state index in [1.807, 2.05) is 54.6 Å². The molecule has 0 N–H and O–H groups in total. The SMILES string of the molecule is CC(C)(C)c1ccc(-c2nc3cc(N=CC=Cc4ccccc4Cl)ccc3o2)cc1. The Hall–Kier alpha value is -3.17. The van der Waals surface area contributed by atoms with Gasteiger partial charge in [-0.1, -0.05) is 68.8 Å². The topological polar surface area (TPSA) is 38.4 Å². The summed E-state index contributed by atoms with van der Waals surface area (Å²) in [4.78, 5) is 9.13. The molecule has 30 heavy (non-hydrogen) atoms. The fourth-order valence-electron chi connectivity index (χ4n) is 3.12. The maximum atomic E-state index is 6.15. The number of hydrogen-bond donors (Lipinski definition) is 0. The second kappa shape index (κ2) is 8.29. The third kappa shape index (κ3) is 4.52. The van der Waals surface area contributed by atoms with E-state index in [2.05, 4.69) is 55.0 Å². The maximum absolute atomic E-state index is 6.15. The van der Waals surface area contributed by atoms with E-state index in [1.54, 1.807) is 6.21 Å². The predicted octanol–water partition coefficient (Wildman–Crippen LogP) is 7.86. The van der Waals surface area contributed by atoms with Crippen LogP contribution in [0.3, 0.4) is 0 Å². The first kappa shape index (κ1) is 20.1. The van der Waals surface area contributed by atoms with E-state index in [4.69, 9.17) is 16.0 Å². The zero-order chi connectivity index (χ0) is 21.1. The van der Waals surface area contributed by atoms with Crippen LogP contribution in [-0.4, -0.2) is 11.2 Å². The molecule has 3 nitrogen and oxygen atoms in total. The molecular weight excluding hydrogens is 392 g/mol. The van der Waals surface area contributed by atoms with Gasteiger partial charge in [0.15, 0.2) is 5.58 Å². The first-order chi connectivity index (χ1) is 14.4. The number of fused-ring (bicyclic) bond motifs is 1. The summed E-state index contributed by atoms with van der Waals surface area (Å²) in [5.74, 6) is 0.616. The van der Waals surface area contributed by atoms with Crippen molar-refractivity contribution in [2.24, 2.45) is 4.99 Å². The van der Waals surface area contributed by atoms with Crippen molar-refractivity contribution in [1.82, 2.24) is 4.98 Å². The normalized spacial score (nSPS) is 12.4. The lowest BCUT2D eigenvalue weighted by atomic mass is 9.87. The van der Waals surface area contributed by atoms with E-state index in [9.17, 15) is 0 Å². The lowest BCUT2D eigenvalue weighted by Gasteiger charge is -2.18. The monoisotopic (exact) mass is 414 g/mol. The molecule has 4 rings (SSSR count). The van der Waals surface area contributed by atoms with Crippen LogP contribution >= 0.6 is 11.6 Å². The van der Waals surface area contributed by atoms with Crippen molar-refractivity contribution in [2.75, 3.05) is 0 Å². The highest BCUT2D eigenvalue weighted by Crippen LogP contribution is 2.29. The second-order valence-corrected chi connectivity index (χ2v) is 8.56. The van der Waals surface area contributed by atoms with Gasteiger partial charge in [-0.25, -0.2) is 4.98 Å². The molecule has 0 radical (unpaired) electrons. The lowest BCUT2D eigenvalue weighted by molar-refractivity contribution is 0.589. The van der Waals surface area contributed by atoms with E-state index in [-0.39, 0.29) is 5.41 Å². The van der Waals surface area contributed by atoms with Gasteiger partial charge in [0, 0.05) is 16.8 Å². The third-order valence-electron chi connectivity index (χ3n) is 4.86. The van der Waals surface area contributed by atoms with Gasteiger partial charge in [-0.15, -0.1) is 0 Å². The minimum Gasteiger partial charge on any atom is -0.436 e. The number of aromatic nitrogens is 1. The highest BCUT2D eigenvalue weighted by atomic mass is 35.5. The van der Waals surface area contributed by atoms with Gasteiger partial charge in [0.2, 0.25) is 5.89 Å². The van der Waals surface area contributed by atoms with E-state index in [0.717, 1.165) is 27.9 Å². The maximum Gasteiger partial charge on any atom is 0.227 e. The molecule has 0 saturated carbocycles. The predicted molar refractivity (Wildman–Crippen MR) is 127 cm³/mol. The average molecular weight is 415 g/mol. The number of rotatable bonds is 4. The average Bonchev–Trinajstić information content (AvgIpc) is 3.15. The standard InChI is InChI=1S/C26H23ClN2O/c1-26(2,3)20-12-10-19(11-13-20)25-29-23-17-21(14-15-24(23)30-25)28-16-6-8-18-7-4-5-9-22(18)27/h4-17H,1-3H3. The molecule has 0 saturated heterocycles. The van der Waals surface area contributed by atoms with Gasteiger partial charge in [0.1, 0.15) is 5.52 Å². The molecule has 0 bridgehead atoms. The summed E-state index contributed by atoms with van der Waals surface area (Å²) in [5.41, 5.74) is 5.67. The minimum atomic E-state index is 0.118. The number of nitrogens with zero attached hydrogens (tertiary/aromatic N) is 2. The molecular formula is C26H23ClN2O. The Morgan fingerprint density at radius 3 is 2.47 bits per heavy atom. The van der Waals surface area contributed by atoms with Crippen molar-refractivity contribution < 1.29 is 4.42 Å². The fourth-order valence-corrected chi connectivity index (χ4v) is 3.32. The zero-order valence-electron chi connectivity index (χ0n) is 17.3. The Balaban J connectivity index is 1.53. The summed E-state index contributed by atoms with van der Waals surface area (Å²) >= 11 is 6.15. The second-order valence-electron chi connectivity index (χ2n) is 8.16. The Morgan fingerprint density at radius 1 is 0.967 bits per heavy atom. The first-order valence-corrected chi connectivity index (χ1v) is 10.2. The zero-order valence-corrected chi connectivity index (χ0v) is 18.0. The molecule has 0 aliphatic carbocycles. The third-order valence-corrected chi connectivity index (χ3v) is 5.20. The smallest absolute Gasteiger partial charge is 0.227 e. The number of hydrogen-bond acceptors (Lipinski definition) is 3. The number of halogens is 1. The van der Waals surface area contributed by atoms with Crippen LogP contribution in [0.1, 0.15) is 31.9 Å². The number of benzene rings is 3. The molecule has 0 fully saturated rings. The van der Waals surface area contributed by atoms with Crippen LogP contribution in [0, 0.1) is 0 Å². The molecule has 3 aromatic carbocycles. The number of allylic oxidation sites excluding steroid dienone is 1. The van der Waals surface area contributed by atoms with Gasteiger partial charge in [-0.3, -0.25) is 4.99 Å². The van der Waals surface area contributed by atoms with Crippen LogP contribution in [0.15, 0.2) is 82.2 Å². The van der Waals surface area contributed by atoms with E-state index < -0.39 is 0 Å². The first-order valence-electron chi connectivity index (χ1n) is 9.87. The largest absolute Gasteiger partial charge is 0.436 e. The fraction of sp³-hybridized carbons (Fsp3) is 0.154. The Labute approximate surface area is 181 Å². The van der Waals surface area contributed by atoms with Crippen molar-refractivity contribution in [3.63, 3.8) is 0 Å². The molecule has 150 valence electrons. The van der Waals surface area contributed by atoms with Gasteiger partial charge in [-0.2, -0.15) is 0 Å². The summed E-state index contributed by atoms with van der Waals surface area (Å²) in [6.07, 6.45) is 5.55.